The van der Waals surface area contributed by atoms with Crippen LogP contribution >= 0.6 is 0 Å². The maximum absolute atomic E-state index is 15.8. The number of benzene rings is 3. The van der Waals surface area contributed by atoms with Gasteiger partial charge in [0.1, 0.15) is 29.7 Å². The van der Waals surface area contributed by atoms with Gasteiger partial charge in [-0.15, -0.1) is 0 Å². The molecule has 3 fully saturated rings. The van der Waals surface area contributed by atoms with Gasteiger partial charge in [0.15, 0.2) is 24.1 Å². The van der Waals surface area contributed by atoms with Crippen LogP contribution in [0.15, 0.2) is 83.9 Å². The van der Waals surface area contributed by atoms with Crippen molar-refractivity contribution in [3.63, 3.8) is 0 Å². The van der Waals surface area contributed by atoms with Crippen LogP contribution in [0.5, 0.6) is 5.75 Å². The molecule has 0 unspecified atom stereocenters. The van der Waals surface area contributed by atoms with Gasteiger partial charge in [-0.05, 0) is 42.0 Å². The third-order valence-electron chi connectivity index (χ3n) is 12.9. The van der Waals surface area contributed by atoms with E-state index < -0.39 is 94.7 Å². The Morgan fingerprint density at radius 1 is 0.845 bits per heavy atom. The number of esters is 4. The Hall–Kier alpha value is -5.11. The quantitative estimate of drug-likeness (QED) is 0.158. The van der Waals surface area contributed by atoms with E-state index in [0.29, 0.717) is 11.3 Å². The van der Waals surface area contributed by atoms with E-state index in [4.69, 9.17) is 33.2 Å². The number of carbonyl (C=O) groups is 5. The van der Waals surface area contributed by atoms with Gasteiger partial charge in [0, 0.05) is 50.3 Å². The molecule has 3 aliphatic carbocycles. The Morgan fingerprint density at radius 3 is 2.17 bits per heavy atom. The highest BCUT2D eigenvalue weighted by Gasteiger charge is 2.78. The predicted octanol–water partition coefficient (Wildman–Crippen LogP) is 5.37. The summed E-state index contributed by atoms with van der Waals surface area (Å²) in [5, 5.41) is 15.3. The Kier molecular flexibility index (Phi) is 10.8. The van der Waals surface area contributed by atoms with E-state index in [1.165, 1.54) is 13.8 Å². The normalized spacial score (nSPS) is 32.3. The van der Waals surface area contributed by atoms with Gasteiger partial charge in [0.2, 0.25) is 0 Å². The van der Waals surface area contributed by atoms with Crippen molar-refractivity contribution in [3.8, 4) is 5.75 Å². The maximum atomic E-state index is 15.8. The lowest BCUT2D eigenvalue weighted by atomic mass is 9.44. The standard InChI is InChI=1S/C45H50O13/c1-25-33(55-26(2)46)21-45(51)41(53-22-29-14-9-8-10-15-29)39-43(7,40(50)38(56-27(3)47)37(25)42(45,5)6)34(20-35-44(39,24-54-35)58-28(4)48)57-36(49)23-52-32-19-13-17-30-16-11-12-18-31(30)32/h8-19,33-35,38-39,41,51H,20-24H2,1-7H3/t33-,34-,35+,38+,39-,41-,43+,44-,45+/m0/s1. The summed E-state index contributed by atoms with van der Waals surface area (Å²) < 4.78 is 43.3. The van der Waals surface area contributed by atoms with Gasteiger partial charge in [-0.2, -0.15) is 0 Å². The number of aliphatic hydroxyl groups is 1. The monoisotopic (exact) mass is 798 g/mol. The minimum atomic E-state index is -2.02. The van der Waals surface area contributed by atoms with E-state index in [1.54, 1.807) is 33.8 Å². The van der Waals surface area contributed by atoms with E-state index in [1.807, 2.05) is 66.7 Å². The van der Waals surface area contributed by atoms with Gasteiger partial charge in [-0.1, -0.05) is 80.6 Å². The van der Waals surface area contributed by atoms with Gasteiger partial charge in [0.05, 0.1) is 24.7 Å². The number of ether oxygens (including phenoxy) is 7. The van der Waals surface area contributed by atoms with Gasteiger partial charge in [-0.3, -0.25) is 19.2 Å². The van der Waals surface area contributed by atoms with E-state index in [2.05, 4.69) is 0 Å². The van der Waals surface area contributed by atoms with E-state index in [9.17, 15) is 24.3 Å². The van der Waals surface area contributed by atoms with Crippen LogP contribution in [0.4, 0.5) is 0 Å². The lowest BCUT2D eigenvalue weighted by Crippen LogP contribution is -2.82. The molecule has 0 spiro atoms. The third-order valence-corrected chi connectivity index (χ3v) is 12.9. The molecule has 308 valence electrons. The second-order valence-electron chi connectivity index (χ2n) is 16.6. The molecular weight excluding hydrogens is 748 g/mol. The van der Waals surface area contributed by atoms with Crippen molar-refractivity contribution in [2.24, 2.45) is 16.7 Å². The summed E-state index contributed by atoms with van der Waals surface area (Å²) in [7, 11) is 0. The zero-order valence-electron chi connectivity index (χ0n) is 33.8. The molecule has 58 heavy (non-hydrogen) atoms. The lowest BCUT2D eigenvalue weighted by molar-refractivity contribution is -0.352. The summed E-state index contributed by atoms with van der Waals surface area (Å²) in [5.41, 5.74) is -5.51. The highest BCUT2D eigenvalue weighted by Crippen LogP contribution is 2.65. The second-order valence-corrected chi connectivity index (χ2v) is 16.6. The van der Waals surface area contributed by atoms with Crippen LogP contribution in [0.25, 0.3) is 10.8 Å². The number of rotatable bonds is 10. The molecule has 1 aliphatic heterocycles. The average Bonchev–Trinajstić information content (AvgIpc) is 3.16. The fourth-order valence-electron chi connectivity index (χ4n) is 10.1. The molecule has 7 rings (SSSR count). The number of carbonyl (C=O) groups excluding carboxylic acids is 5. The predicted molar refractivity (Wildman–Crippen MR) is 207 cm³/mol. The number of fused-ring (bicyclic) bond motifs is 6. The van der Waals surface area contributed by atoms with Crippen LogP contribution < -0.4 is 4.74 Å². The Bertz CT molecular complexity index is 2160. The molecule has 3 aromatic rings. The molecule has 9 atom stereocenters. The summed E-state index contributed by atoms with van der Waals surface area (Å²) in [5.74, 6) is -4.42. The molecular formula is C45H50O13. The van der Waals surface area contributed by atoms with Crippen LogP contribution in [0, 0.1) is 16.7 Å². The van der Waals surface area contributed by atoms with Crippen molar-refractivity contribution in [1.29, 1.82) is 0 Å². The van der Waals surface area contributed by atoms with Crippen molar-refractivity contribution in [2.75, 3.05) is 13.2 Å². The van der Waals surface area contributed by atoms with E-state index in [0.717, 1.165) is 23.3 Å². The van der Waals surface area contributed by atoms with Gasteiger partial charge in [0.25, 0.3) is 0 Å². The minimum Gasteiger partial charge on any atom is -0.481 e. The molecule has 3 aromatic carbocycles. The minimum absolute atomic E-state index is 0.0562. The summed E-state index contributed by atoms with van der Waals surface area (Å²) in [6.45, 7) is 9.59. The van der Waals surface area contributed by atoms with Gasteiger partial charge >= 0.3 is 23.9 Å². The van der Waals surface area contributed by atoms with Crippen LogP contribution in [0.2, 0.25) is 0 Å². The van der Waals surface area contributed by atoms with Crippen molar-refractivity contribution in [3.05, 3.63) is 89.5 Å². The summed E-state index contributed by atoms with van der Waals surface area (Å²) in [6, 6.07) is 22.2. The van der Waals surface area contributed by atoms with Gasteiger partial charge in [-0.25, -0.2) is 4.79 Å². The molecule has 2 saturated carbocycles. The molecule has 4 aliphatic rings. The Labute approximate surface area is 336 Å². The fraction of sp³-hybridized carbons (Fsp3) is 0.489. The molecule has 13 nitrogen and oxygen atoms in total. The first-order valence-electron chi connectivity index (χ1n) is 19.5. The van der Waals surface area contributed by atoms with Crippen LogP contribution in [-0.2, 0) is 59.0 Å². The number of ketones is 1. The average molecular weight is 799 g/mol. The summed E-state index contributed by atoms with van der Waals surface area (Å²) in [6.07, 6.45) is -6.60. The van der Waals surface area contributed by atoms with Crippen LogP contribution in [0.1, 0.15) is 66.9 Å². The van der Waals surface area contributed by atoms with Crippen molar-refractivity contribution < 1.29 is 62.2 Å². The number of hydrogen-bond donors (Lipinski definition) is 1. The number of Topliss-reactive ketones (excluding diaryl/α,β-unsaturated/α-hetero) is 1. The van der Waals surface area contributed by atoms with Crippen LogP contribution in [0.3, 0.4) is 0 Å². The highest BCUT2D eigenvalue weighted by atomic mass is 16.6. The summed E-state index contributed by atoms with van der Waals surface area (Å²) in [4.78, 5) is 68.5. The second kappa shape index (κ2) is 15.2. The fourth-order valence-corrected chi connectivity index (χ4v) is 10.1. The van der Waals surface area contributed by atoms with Gasteiger partial charge < -0.3 is 38.3 Å². The Morgan fingerprint density at radius 2 is 1.52 bits per heavy atom. The highest BCUT2D eigenvalue weighted by molar-refractivity contribution is 5.95. The SMILES string of the molecule is CC(=O)O[C@H]1C(=O)[C@]2(C)[C@@H](OC(=O)COc3cccc4ccccc34)C[C@H]3OC[C@@]3(OC(C)=O)[C@H]2[C@H](OCc2ccccc2)[C@]2(O)C[C@H](OC(C)=O)C(C)=C1C2(C)C. The van der Waals surface area contributed by atoms with Crippen molar-refractivity contribution >= 4 is 40.4 Å². The molecule has 1 saturated heterocycles. The molecule has 0 amide bonds. The first-order valence-corrected chi connectivity index (χ1v) is 19.5. The zero-order chi connectivity index (χ0) is 41.8. The molecule has 13 heteroatoms. The topological polar surface area (TPSA) is 170 Å². The Balaban J connectivity index is 1.41. The molecule has 0 aromatic heterocycles. The zero-order valence-corrected chi connectivity index (χ0v) is 33.8. The lowest BCUT2D eigenvalue weighted by Gasteiger charge is -2.68. The van der Waals surface area contributed by atoms with Crippen molar-refractivity contribution in [2.45, 2.75) is 110 Å². The third kappa shape index (κ3) is 6.76. The number of hydrogen-bond acceptors (Lipinski definition) is 13. The van der Waals surface area contributed by atoms with Crippen molar-refractivity contribution in [1.82, 2.24) is 0 Å². The first kappa shape index (κ1) is 41.1. The smallest absolute Gasteiger partial charge is 0.344 e. The van der Waals surface area contributed by atoms with E-state index in [-0.39, 0.29) is 31.6 Å². The van der Waals surface area contributed by atoms with E-state index >= 15 is 4.79 Å². The summed E-state index contributed by atoms with van der Waals surface area (Å²) >= 11 is 0. The molecule has 0 radical (unpaired) electrons. The molecule has 1 N–H and O–H groups in total. The van der Waals surface area contributed by atoms with Crippen LogP contribution in [-0.4, -0.2) is 89.7 Å². The largest absolute Gasteiger partial charge is 0.481 e. The first-order chi connectivity index (χ1) is 27.4. The molecule has 2 bridgehead atoms. The molecule has 1 heterocycles. The maximum Gasteiger partial charge on any atom is 0.344 e.